The number of urea groups is 1. The van der Waals surface area contributed by atoms with Crippen LogP contribution in [0.5, 0.6) is 0 Å². The molecule has 0 fully saturated rings. The molecule has 5 heteroatoms. The Morgan fingerprint density at radius 3 is 2.28 bits per heavy atom. The number of amides is 2. The maximum absolute atomic E-state index is 12.0. The lowest BCUT2D eigenvalue weighted by molar-refractivity contribution is 0.249. The van der Waals surface area contributed by atoms with Crippen molar-refractivity contribution in [2.75, 3.05) is 18.0 Å². The molecule has 3 aromatic carbocycles. The third-order valence-electron chi connectivity index (χ3n) is 4.88. The minimum Gasteiger partial charge on any atom is -0.340 e. The lowest BCUT2D eigenvalue weighted by atomic mass is 10.1. The summed E-state index contributed by atoms with van der Waals surface area (Å²) in [5.74, 6) is 0. The quantitative estimate of drug-likeness (QED) is 0.433. The first kappa shape index (κ1) is 19.3. The van der Waals surface area contributed by atoms with E-state index in [1.54, 1.807) is 18.0 Å². The highest BCUT2D eigenvalue weighted by Gasteiger charge is 2.22. The molecule has 4 nitrogen and oxygen atoms in total. The SMILES string of the molecule is Cc1ccccc1/C=N/C(=O)NCCCN1c2ccccc2Sc2ccccc21. The Morgan fingerprint density at radius 2 is 1.59 bits per heavy atom. The lowest BCUT2D eigenvalue weighted by Crippen LogP contribution is -2.27. The van der Waals surface area contributed by atoms with Crippen molar-refractivity contribution in [1.29, 1.82) is 0 Å². The average Bonchev–Trinajstić information content (AvgIpc) is 2.75. The molecule has 1 aliphatic rings. The first-order valence-electron chi connectivity index (χ1n) is 9.73. The molecule has 0 radical (unpaired) electrons. The Balaban J connectivity index is 1.35. The van der Waals surface area contributed by atoms with Crippen LogP contribution in [-0.4, -0.2) is 25.3 Å². The molecule has 0 spiro atoms. The van der Waals surface area contributed by atoms with Gasteiger partial charge >= 0.3 is 6.03 Å². The van der Waals surface area contributed by atoms with E-state index >= 15 is 0 Å². The summed E-state index contributed by atoms with van der Waals surface area (Å²) in [7, 11) is 0. The largest absolute Gasteiger partial charge is 0.340 e. The van der Waals surface area contributed by atoms with Gasteiger partial charge in [-0.15, -0.1) is 0 Å². The van der Waals surface area contributed by atoms with E-state index in [-0.39, 0.29) is 6.03 Å². The van der Waals surface area contributed by atoms with Gasteiger partial charge in [-0.05, 0) is 48.7 Å². The summed E-state index contributed by atoms with van der Waals surface area (Å²) in [5, 5.41) is 2.89. The summed E-state index contributed by atoms with van der Waals surface area (Å²) < 4.78 is 0. The predicted molar refractivity (Wildman–Crippen MR) is 121 cm³/mol. The maximum atomic E-state index is 12.0. The number of nitrogens with one attached hydrogen (secondary N) is 1. The monoisotopic (exact) mass is 401 g/mol. The summed E-state index contributed by atoms with van der Waals surface area (Å²) >= 11 is 1.81. The van der Waals surface area contributed by atoms with Gasteiger partial charge < -0.3 is 10.2 Å². The van der Waals surface area contributed by atoms with E-state index in [9.17, 15) is 4.79 Å². The zero-order valence-corrected chi connectivity index (χ0v) is 17.2. The number of hydrogen-bond acceptors (Lipinski definition) is 3. The fourth-order valence-electron chi connectivity index (χ4n) is 3.36. The minimum absolute atomic E-state index is 0.303. The van der Waals surface area contributed by atoms with Crippen LogP contribution in [0.1, 0.15) is 17.5 Å². The van der Waals surface area contributed by atoms with Crippen LogP contribution in [0.15, 0.2) is 87.6 Å². The topological polar surface area (TPSA) is 44.7 Å². The Kier molecular flexibility index (Phi) is 5.96. The van der Waals surface area contributed by atoms with E-state index in [1.807, 2.05) is 31.2 Å². The van der Waals surface area contributed by atoms with Gasteiger partial charge in [0.05, 0.1) is 11.4 Å². The molecule has 1 heterocycles. The van der Waals surface area contributed by atoms with Crippen molar-refractivity contribution in [3.63, 3.8) is 0 Å². The number of para-hydroxylation sites is 2. The van der Waals surface area contributed by atoms with Crippen LogP contribution in [0.4, 0.5) is 16.2 Å². The molecule has 0 saturated heterocycles. The molecule has 0 atom stereocenters. The molecular weight excluding hydrogens is 378 g/mol. The van der Waals surface area contributed by atoms with Crippen molar-refractivity contribution in [1.82, 2.24) is 5.32 Å². The number of fused-ring (bicyclic) bond motifs is 2. The fourth-order valence-corrected chi connectivity index (χ4v) is 4.46. The molecule has 29 heavy (non-hydrogen) atoms. The van der Waals surface area contributed by atoms with Gasteiger partial charge in [0.1, 0.15) is 0 Å². The van der Waals surface area contributed by atoms with Gasteiger partial charge in [0.15, 0.2) is 0 Å². The molecule has 0 aromatic heterocycles. The number of aliphatic imine (C=N–C) groups is 1. The van der Waals surface area contributed by atoms with E-state index < -0.39 is 0 Å². The molecule has 146 valence electrons. The number of anilines is 2. The number of benzene rings is 3. The van der Waals surface area contributed by atoms with Gasteiger partial charge in [0.2, 0.25) is 0 Å². The normalized spacial score (nSPS) is 12.5. The predicted octanol–water partition coefficient (Wildman–Crippen LogP) is 5.82. The van der Waals surface area contributed by atoms with Gasteiger partial charge in [-0.2, -0.15) is 0 Å². The van der Waals surface area contributed by atoms with E-state index in [1.165, 1.54) is 21.2 Å². The second-order valence-electron chi connectivity index (χ2n) is 6.89. The first-order chi connectivity index (χ1) is 14.2. The van der Waals surface area contributed by atoms with Crippen molar-refractivity contribution in [3.05, 3.63) is 83.9 Å². The molecule has 2 amide bonds. The summed E-state index contributed by atoms with van der Waals surface area (Å²) in [6, 6.07) is 24.5. The van der Waals surface area contributed by atoms with Gasteiger partial charge in [-0.3, -0.25) is 0 Å². The summed E-state index contributed by atoms with van der Waals surface area (Å²) in [4.78, 5) is 20.9. The van der Waals surface area contributed by atoms with Gasteiger partial charge in [-0.1, -0.05) is 60.3 Å². The van der Waals surface area contributed by atoms with Crippen LogP contribution in [0.25, 0.3) is 0 Å². The van der Waals surface area contributed by atoms with E-state index in [0.29, 0.717) is 6.54 Å². The molecule has 0 saturated carbocycles. The number of rotatable bonds is 5. The number of nitrogens with zero attached hydrogens (tertiary/aromatic N) is 2. The second-order valence-corrected chi connectivity index (χ2v) is 7.97. The highest BCUT2D eigenvalue weighted by atomic mass is 32.2. The highest BCUT2D eigenvalue weighted by molar-refractivity contribution is 7.99. The lowest BCUT2D eigenvalue weighted by Gasteiger charge is -2.32. The summed E-state index contributed by atoms with van der Waals surface area (Å²) in [6.45, 7) is 3.42. The highest BCUT2D eigenvalue weighted by Crippen LogP contribution is 2.47. The zero-order chi connectivity index (χ0) is 20.1. The fraction of sp³-hybridized carbons (Fsp3) is 0.167. The first-order valence-corrected chi connectivity index (χ1v) is 10.5. The number of carbonyl (C=O) groups excluding carboxylic acids is 1. The molecule has 0 bridgehead atoms. The molecule has 0 aliphatic carbocycles. The second kappa shape index (κ2) is 8.97. The smallest absolute Gasteiger partial charge is 0.340 e. The zero-order valence-electron chi connectivity index (χ0n) is 16.3. The van der Waals surface area contributed by atoms with Crippen molar-refractivity contribution >= 4 is 35.4 Å². The van der Waals surface area contributed by atoms with Gasteiger partial charge in [0, 0.05) is 29.1 Å². The summed E-state index contributed by atoms with van der Waals surface area (Å²) in [6.07, 6.45) is 2.46. The van der Waals surface area contributed by atoms with Crippen LogP contribution in [0.3, 0.4) is 0 Å². The number of hydrogen-bond donors (Lipinski definition) is 1. The standard InChI is InChI=1S/C24H23N3OS/c1-18-9-2-3-10-19(18)17-26-24(28)25-15-8-16-27-20-11-4-6-13-22(20)29-23-14-7-5-12-21(23)27/h2-7,9-14,17H,8,15-16H2,1H3,(H,25,28)/b26-17+. The van der Waals surface area contributed by atoms with Crippen LogP contribution < -0.4 is 10.2 Å². The molecule has 0 unspecified atom stereocenters. The third-order valence-corrected chi connectivity index (χ3v) is 6.01. The molecule has 1 N–H and O–H groups in total. The van der Waals surface area contributed by atoms with Crippen molar-refractivity contribution < 1.29 is 4.79 Å². The Labute approximate surface area is 175 Å². The van der Waals surface area contributed by atoms with Crippen LogP contribution in [0.2, 0.25) is 0 Å². The van der Waals surface area contributed by atoms with Gasteiger partial charge in [0.25, 0.3) is 0 Å². The van der Waals surface area contributed by atoms with E-state index in [0.717, 1.165) is 24.1 Å². The van der Waals surface area contributed by atoms with Crippen molar-refractivity contribution in [2.24, 2.45) is 4.99 Å². The third kappa shape index (κ3) is 4.51. The molecule has 4 rings (SSSR count). The van der Waals surface area contributed by atoms with Crippen LogP contribution >= 0.6 is 11.8 Å². The Morgan fingerprint density at radius 1 is 0.966 bits per heavy atom. The van der Waals surface area contributed by atoms with Crippen LogP contribution in [-0.2, 0) is 0 Å². The van der Waals surface area contributed by atoms with E-state index in [4.69, 9.17) is 0 Å². The Hall–Kier alpha value is -3.05. The van der Waals surface area contributed by atoms with Crippen LogP contribution in [0, 0.1) is 6.92 Å². The number of aryl methyl sites for hydroxylation is 1. The maximum Gasteiger partial charge on any atom is 0.340 e. The summed E-state index contributed by atoms with van der Waals surface area (Å²) in [5.41, 5.74) is 4.51. The molecule has 3 aromatic rings. The van der Waals surface area contributed by atoms with Gasteiger partial charge in [-0.25, -0.2) is 9.79 Å². The van der Waals surface area contributed by atoms with E-state index in [2.05, 4.69) is 63.7 Å². The Bertz CT molecular complexity index is 1000. The average molecular weight is 402 g/mol. The van der Waals surface area contributed by atoms with Crippen molar-refractivity contribution in [3.8, 4) is 0 Å². The minimum atomic E-state index is -0.303. The number of carbonyl (C=O) groups is 1. The van der Waals surface area contributed by atoms with Crippen molar-refractivity contribution in [2.45, 2.75) is 23.1 Å². The molecular formula is C24H23N3OS. The molecule has 1 aliphatic heterocycles.